The second-order valence-electron chi connectivity index (χ2n) is 6.65. The van der Waals surface area contributed by atoms with Gasteiger partial charge in [0.05, 0.1) is 0 Å². The third-order valence-electron chi connectivity index (χ3n) is 4.07. The number of esters is 3. The van der Waals surface area contributed by atoms with Crippen molar-refractivity contribution in [1.82, 2.24) is 5.32 Å². The van der Waals surface area contributed by atoms with Crippen LogP contribution in [0.4, 0.5) is 0 Å². The number of carbonyl (C=O) groups excluding carboxylic acids is 4. The van der Waals surface area contributed by atoms with E-state index in [1.807, 2.05) is 0 Å². The molecule has 1 heterocycles. The van der Waals surface area contributed by atoms with E-state index in [0.29, 0.717) is 5.75 Å². The van der Waals surface area contributed by atoms with Crippen molar-refractivity contribution in [2.75, 3.05) is 6.61 Å². The van der Waals surface area contributed by atoms with Gasteiger partial charge in [-0.25, -0.2) is 0 Å². The first-order valence-electron chi connectivity index (χ1n) is 9.29. The lowest BCUT2D eigenvalue weighted by Gasteiger charge is -2.44. The van der Waals surface area contributed by atoms with Gasteiger partial charge in [0.2, 0.25) is 12.2 Å². The van der Waals surface area contributed by atoms with Crippen LogP contribution < -0.4 is 10.1 Å². The highest BCUT2D eigenvalue weighted by Crippen LogP contribution is 2.29. The summed E-state index contributed by atoms with van der Waals surface area (Å²) >= 11 is 0. The first-order chi connectivity index (χ1) is 14.2. The van der Waals surface area contributed by atoms with Gasteiger partial charge in [0.25, 0.3) is 0 Å². The largest absolute Gasteiger partial charge is 0.463 e. The van der Waals surface area contributed by atoms with Crippen LogP contribution in [0.15, 0.2) is 30.3 Å². The molecular weight excluding hydrogens is 398 g/mol. The Kier molecular flexibility index (Phi) is 8.16. The maximum absolute atomic E-state index is 11.8. The van der Waals surface area contributed by atoms with Crippen LogP contribution in [0.25, 0.3) is 0 Å². The smallest absolute Gasteiger partial charge is 0.303 e. The van der Waals surface area contributed by atoms with E-state index in [-0.39, 0.29) is 6.61 Å². The molecule has 0 saturated carbocycles. The summed E-state index contributed by atoms with van der Waals surface area (Å²) < 4.78 is 27.5. The second-order valence-corrected chi connectivity index (χ2v) is 6.65. The molecule has 1 aliphatic heterocycles. The molecule has 5 atom stereocenters. The van der Waals surface area contributed by atoms with Gasteiger partial charge in [0.1, 0.15) is 24.5 Å². The number of nitrogens with one attached hydrogen (secondary N) is 1. The Hall–Kier alpha value is -3.14. The van der Waals surface area contributed by atoms with Crippen molar-refractivity contribution in [3.63, 3.8) is 0 Å². The summed E-state index contributed by atoms with van der Waals surface area (Å²) in [5.41, 5.74) is 0. The molecule has 0 aliphatic carbocycles. The molecule has 164 valence electrons. The van der Waals surface area contributed by atoms with E-state index in [0.717, 1.165) is 0 Å². The molecule has 0 aromatic heterocycles. The van der Waals surface area contributed by atoms with Crippen LogP contribution >= 0.6 is 0 Å². The van der Waals surface area contributed by atoms with Crippen LogP contribution in [-0.2, 0) is 38.1 Å². The van der Waals surface area contributed by atoms with Gasteiger partial charge < -0.3 is 29.0 Å². The Morgan fingerprint density at radius 2 is 1.50 bits per heavy atom. The molecule has 10 heteroatoms. The molecular formula is C20H25NO9. The van der Waals surface area contributed by atoms with E-state index in [4.69, 9.17) is 23.7 Å². The molecule has 0 spiro atoms. The van der Waals surface area contributed by atoms with E-state index in [1.54, 1.807) is 30.3 Å². The molecule has 1 amide bonds. The number of benzene rings is 1. The lowest BCUT2D eigenvalue weighted by atomic mass is 9.96. The highest BCUT2D eigenvalue weighted by atomic mass is 16.7. The van der Waals surface area contributed by atoms with Crippen molar-refractivity contribution in [2.24, 2.45) is 0 Å². The lowest BCUT2D eigenvalue weighted by Crippen LogP contribution is -2.67. The monoisotopic (exact) mass is 423 g/mol. The zero-order valence-corrected chi connectivity index (χ0v) is 17.2. The molecule has 10 nitrogen and oxygen atoms in total. The minimum atomic E-state index is -1.15. The predicted octanol–water partition coefficient (Wildman–Crippen LogP) is 0.721. The van der Waals surface area contributed by atoms with E-state index in [1.165, 1.54) is 27.7 Å². The average Bonchev–Trinajstić information content (AvgIpc) is 2.64. The van der Waals surface area contributed by atoms with Gasteiger partial charge in [0.15, 0.2) is 12.2 Å². The summed E-state index contributed by atoms with van der Waals surface area (Å²) in [5.74, 6) is -1.93. The van der Waals surface area contributed by atoms with Gasteiger partial charge in [-0.05, 0) is 12.1 Å². The van der Waals surface area contributed by atoms with Gasteiger partial charge in [-0.3, -0.25) is 19.2 Å². The zero-order valence-electron chi connectivity index (χ0n) is 17.2. The Labute approximate surface area is 173 Å². The number of para-hydroxylation sites is 1. The fourth-order valence-electron chi connectivity index (χ4n) is 3.02. The Morgan fingerprint density at radius 1 is 0.900 bits per heavy atom. The van der Waals surface area contributed by atoms with E-state index in [9.17, 15) is 19.2 Å². The molecule has 1 saturated heterocycles. The number of ether oxygens (including phenoxy) is 5. The molecule has 0 radical (unpaired) electrons. The highest BCUT2D eigenvalue weighted by Gasteiger charge is 2.51. The summed E-state index contributed by atoms with van der Waals surface area (Å²) in [4.78, 5) is 46.6. The van der Waals surface area contributed by atoms with Crippen LogP contribution in [0.2, 0.25) is 0 Å². The first-order valence-corrected chi connectivity index (χ1v) is 9.29. The third kappa shape index (κ3) is 6.73. The van der Waals surface area contributed by atoms with Crippen LogP contribution in [0.5, 0.6) is 5.75 Å². The standard InChI is InChI=1S/C20H25NO9/c1-11(22)21-17-19(28-14(4)25)18(27-13(3)24)16(10-26-12(2)23)30-20(17)29-15-8-6-5-7-9-15/h5-9,16-20H,10H2,1-4H3,(H,21,22)/t16-,17-,18+,19-,20+/m1/s1. The summed E-state index contributed by atoms with van der Waals surface area (Å²) in [7, 11) is 0. The third-order valence-corrected chi connectivity index (χ3v) is 4.07. The second kappa shape index (κ2) is 10.6. The van der Waals surface area contributed by atoms with Gasteiger partial charge in [-0.1, -0.05) is 18.2 Å². The number of amides is 1. The summed E-state index contributed by atoms with van der Waals surface area (Å²) in [6, 6.07) is 7.62. The SMILES string of the molecule is CC(=O)N[C@H]1[C@@H](Oc2ccccc2)O[C@H](COC(C)=O)[C@H](OC(C)=O)[C@@H]1OC(C)=O. The van der Waals surface area contributed by atoms with Crippen molar-refractivity contribution in [2.45, 2.75) is 58.3 Å². The first kappa shape index (κ1) is 23.1. The van der Waals surface area contributed by atoms with Gasteiger partial charge in [0, 0.05) is 27.7 Å². The van der Waals surface area contributed by atoms with Crippen LogP contribution in [0.3, 0.4) is 0 Å². The number of carbonyl (C=O) groups is 4. The molecule has 1 aromatic carbocycles. The fourth-order valence-corrected chi connectivity index (χ4v) is 3.02. The minimum absolute atomic E-state index is 0.285. The summed E-state index contributed by atoms with van der Waals surface area (Å²) in [5, 5.41) is 2.63. The van der Waals surface area contributed by atoms with E-state index < -0.39 is 54.5 Å². The van der Waals surface area contributed by atoms with Crippen LogP contribution in [0, 0.1) is 0 Å². The topological polar surface area (TPSA) is 126 Å². The van der Waals surface area contributed by atoms with Crippen molar-refractivity contribution >= 4 is 23.8 Å². The molecule has 1 aromatic rings. The molecule has 30 heavy (non-hydrogen) atoms. The van der Waals surface area contributed by atoms with Crippen LogP contribution in [-0.4, -0.2) is 61.1 Å². The molecule has 1 N–H and O–H groups in total. The molecule has 1 aliphatic rings. The quantitative estimate of drug-likeness (QED) is 0.498. The van der Waals surface area contributed by atoms with Crippen molar-refractivity contribution in [3.8, 4) is 5.75 Å². The Morgan fingerprint density at radius 3 is 2.03 bits per heavy atom. The number of hydrogen-bond donors (Lipinski definition) is 1. The van der Waals surface area contributed by atoms with Crippen LogP contribution in [0.1, 0.15) is 27.7 Å². The maximum atomic E-state index is 11.8. The Balaban J connectivity index is 2.42. The van der Waals surface area contributed by atoms with Gasteiger partial charge in [-0.2, -0.15) is 0 Å². The van der Waals surface area contributed by atoms with Crippen molar-refractivity contribution in [1.29, 1.82) is 0 Å². The average molecular weight is 423 g/mol. The molecule has 1 fully saturated rings. The minimum Gasteiger partial charge on any atom is -0.463 e. The van der Waals surface area contributed by atoms with E-state index in [2.05, 4.69) is 5.32 Å². The van der Waals surface area contributed by atoms with E-state index >= 15 is 0 Å². The number of rotatable bonds is 7. The highest BCUT2D eigenvalue weighted by molar-refractivity contribution is 5.73. The lowest BCUT2D eigenvalue weighted by molar-refractivity contribution is -0.257. The zero-order chi connectivity index (χ0) is 22.3. The molecule has 0 unspecified atom stereocenters. The normalized spacial score (nSPS) is 25.5. The fraction of sp³-hybridized carbons (Fsp3) is 0.500. The number of hydrogen-bond acceptors (Lipinski definition) is 9. The molecule has 2 rings (SSSR count). The Bertz CT molecular complexity index is 767. The summed E-state index contributed by atoms with van der Waals surface area (Å²) in [6.45, 7) is 4.56. The van der Waals surface area contributed by atoms with Gasteiger partial charge in [-0.15, -0.1) is 0 Å². The van der Waals surface area contributed by atoms with Gasteiger partial charge >= 0.3 is 17.9 Å². The van der Waals surface area contributed by atoms with Crippen molar-refractivity contribution in [3.05, 3.63) is 30.3 Å². The molecule has 0 bridgehead atoms. The maximum Gasteiger partial charge on any atom is 0.303 e. The summed E-state index contributed by atoms with van der Waals surface area (Å²) in [6.07, 6.45) is -4.45. The predicted molar refractivity (Wildman–Crippen MR) is 101 cm³/mol. The van der Waals surface area contributed by atoms with Crippen molar-refractivity contribution < 1.29 is 42.9 Å².